The van der Waals surface area contributed by atoms with Crippen LogP contribution in [0.4, 0.5) is 11.4 Å². The van der Waals surface area contributed by atoms with E-state index in [4.69, 9.17) is 0 Å². The van der Waals surface area contributed by atoms with Gasteiger partial charge in [0.2, 0.25) is 0 Å². The number of anilines is 2. The van der Waals surface area contributed by atoms with Gasteiger partial charge >= 0.3 is 0 Å². The van der Waals surface area contributed by atoms with Crippen LogP contribution in [0.5, 0.6) is 0 Å². The van der Waals surface area contributed by atoms with Crippen LogP contribution in [-0.2, 0) is 0 Å². The Bertz CT molecular complexity index is 324. The van der Waals surface area contributed by atoms with Crippen molar-refractivity contribution < 1.29 is 0 Å². The van der Waals surface area contributed by atoms with E-state index in [-0.39, 0.29) is 0 Å². The summed E-state index contributed by atoms with van der Waals surface area (Å²) in [6.07, 6.45) is 3.63. The minimum Gasteiger partial charge on any atom is -0.385 e. The largest absolute Gasteiger partial charge is 0.385 e. The standard InChI is InChI=1S/C17H30N2/c1-5-13-19(14-6-2)17-9-7-16(8-10-17)18-12-11-15(3)4/h7-10,15,18H,5-6,11-14H2,1-4H3. The quantitative estimate of drug-likeness (QED) is 0.689. The molecular weight excluding hydrogens is 232 g/mol. The monoisotopic (exact) mass is 262 g/mol. The van der Waals surface area contributed by atoms with Crippen LogP contribution in [0.25, 0.3) is 0 Å². The van der Waals surface area contributed by atoms with Gasteiger partial charge < -0.3 is 10.2 Å². The number of nitrogens with one attached hydrogen (secondary N) is 1. The SMILES string of the molecule is CCCN(CCC)c1ccc(NCCC(C)C)cc1. The third-order valence-corrected chi connectivity index (χ3v) is 3.27. The molecule has 19 heavy (non-hydrogen) atoms. The molecule has 0 aliphatic heterocycles. The minimum atomic E-state index is 0.761. The fourth-order valence-corrected chi connectivity index (χ4v) is 2.21. The molecule has 0 aliphatic carbocycles. The molecule has 1 aromatic carbocycles. The molecule has 0 heterocycles. The summed E-state index contributed by atoms with van der Waals surface area (Å²) in [7, 11) is 0. The predicted octanol–water partition coefficient (Wildman–Crippen LogP) is 4.77. The first kappa shape index (κ1) is 15.9. The molecule has 2 nitrogen and oxygen atoms in total. The van der Waals surface area contributed by atoms with Crippen molar-refractivity contribution in [2.24, 2.45) is 5.92 Å². The fraction of sp³-hybridized carbons (Fsp3) is 0.647. The predicted molar refractivity (Wildman–Crippen MR) is 87.2 cm³/mol. The van der Waals surface area contributed by atoms with Crippen LogP contribution in [0, 0.1) is 5.92 Å². The Morgan fingerprint density at radius 1 is 1.00 bits per heavy atom. The Morgan fingerprint density at radius 2 is 1.58 bits per heavy atom. The van der Waals surface area contributed by atoms with E-state index in [2.05, 4.69) is 62.2 Å². The van der Waals surface area contributed by atoms with Gasteiger partial charge in [-0.25, -0.2) is 0 Å². The van der Waals surface area contributed by atoms with Crippen LogP contribution < -0.4 is 10.2 Å². The lowest BCUT2D eigenvalue weighted by Gasteiger charge is -2.24. The number of benzene rings is 1. The van der Waals surface area contributed by atoms with E-state index in [0.29, 0.717) is 0 Å². The highest BCUT2D eigenvalue weighted by atomic mass is 15.1. The van der Waals surface area contributed by atoms with E-state index in [0.717, 1.165) is 25.6 Å². The third-order valence-electron chi connectivity index (χ3n) is 3.27. The summed E-state index contributed by atoms with van der Waals surface area (Å²) < 4.78 is 0. The normalized spacial score (nSPS) is 10.8. The zero-order valence-corrected chi connectivity index (χ0v) is 13.1. The Balaban J connectivity index is 2.53. The summed E-state index contributed by atoms with van der Waals surface area (Å²) in [5.74, 6) is 0.761. The second-order valence-corrected chi connectivity index (χ2v) is 5.64. The molecule has 1 N–H and O–H groups in total. The number of rotatable bonds is 9. The molecule has 108 valence electrons. The van der Waals surface area contributed by atoms with E-state index in [9.17, 15) is 0 Å². The van der Waals surface area contributed by atoms with Gasteiger partial charge in [-0.2, -0.15) is 0 Å². The molecular formula is C17H30N2. The maximum absolute atomic E-state index is 3.49. The summed E-state index contributed by atoms with van der Waals surface area (Å²) in [5, 5.41) is 3.49. The van der Waals surface area contributed by atoms with Gasteiger partial charge in [0.15, 0.2) is 0 Å². The number of nitrogens with zero attached hydrogens (tertiary/aromatic N) is 1. The Morgan fingerprint density at radius 3 is 2.05 bits per heavy atom. The average Bonchev–Trinajstić information content (AvgIpc) is 2.39. The summed E-state index contributed by atoms with van der Waals surface area (Å²) >= 11 is 0. The molecule has 0 amide bonds. The number of hydrogen-bond donors (Lipinski definition) is 1. The summed E-state index contributed by atoms with van der Waals surface area (Å²) in [6, 6.07) is 8.88. The van der Waals surface area contributed by atoms with Crippen molar-refractivity contribution in [2.75, 3.05) is 29.9 Å². The lowest BCUT2D eigenvalue weighted by molar-refractivity contribution is 0.607. The van der Waals surface area contributed by atoms with Crippen LogP contribution in [0.15, 0.2) is 24.3 Å². The molecule has 0 aromatic heterocycles. The second-order valence-electron chi connectivity index (χ2n) is 5.64. The molecule has 0 unspecified atom stereocenters. The highest BCUT2D eigenvalue weighted by Gasteiger charge is 2.04. The zero-order valence-electron chi connectivity index (χ0n) is 13.1. The Labute approximate surface area is 119 Å². The van der Waals surface area contributed by atoms with Crippen molar-refractivity contribution in [3.05, 3.63) is 24.3 Å². The summed E-state index contributed by atoms with van der Waals surface area (Å²) in [5.41, 5.74) is 2.58. The maximum Gasteiger partial charge on any atom is 0.0367 e. The van der Waals surface area contributed by atoms with Crippen molar-refractivity contribution in [3.8, 4) is 0 Å². The Hall–Kier alpha value is -1.18. The molecule has 0 saturated carbocycles. The highest BCUT2D eigenvalue weighted by Crippen LogP contribution is 2.18. The van der Waals surface area contributed by atoms with Crippen molar-refractivity contribution >= 4 is 11.4 Å². The molecule has 0 fully saturated rings. The maximum atomic E-state index is 3.49. The molecule has 0 radical (unpaired) electrons. The first-order valence-electron chi connectivity index (χ1n) is 7.76. The molecule has 1 aromatic rings. The third kappa shape index (κ3) is 6.00. The van der Waals surface area contributed by atoms with Gasteiger partial charge in [-0.05, 0) is 49.4 Å². The first-order valence-corrected chi connectivity index (χ1v) is 7.76. The molecule has 0 atom stereocenters. The lowest BCUT2D eigenvalue weighted by Crippen LogP contribution is -2.24. The summed E-state index contributed by atoms with van der Waals surface area (Å²) in [4.78, 5) is 2.47. The van der Waals surface area contributed by atoms with Gasteiger partial charge in [-0.1, -0.05) is 27.7 Å². The Kier molecular flexibility index (Phi) is 7.39. The fourth-order valence-electron chi connectivity index (χ4n) is 2.21. The van der Waals surface area contributed by atoms with Crippen LogP contribution in [0.2, 0.25) is 0 Å². The topological polar surface area (TPSA) is 15.3 Å². The van der Waals surface area contributed by atoms with Crippen LogP contribution in [0.1, 0.15) is 47.0 Å². The van der Waals surface area contributed by atoms with Crippen LogP contribution in [-0.4, -0.2) is 19.6 Å². The lowest BCUT2D eigenvalue weighted by atomic mass is 10.1. The highest BCUT2D eigenvalue weighted by molar-refractivity contribution is 5.55. The smallest absolute Gasteiger partial charge is 0.0367 e. The van der Waals surface area contributed by atoms with Gasteiger partial charge in [-0.3, -0.25) is 0 Å². The van der Waals surface area contributed by atoms with E-state index >= 15 is 0 Å². The van der Waals surface area contributed by atoms with Crippen molar-refractivity contribution in [2.45, 2.75) is 47.0 Å². The molecule has 0 saturated heterocycles. The van der Waals surface area contributed by atoms with Crippen molar-refractivity contribution in [3.63, 3.8) is 0 Å². The van der Waals surface area contributed by atoms with E-state index < -0.39 is 0 Å². The van der Waals surface area contributed by atoms with Gasteiger partial charge in [0.05, 0.1) is 0 Å². The average molecular weight is 262 g/mol. The molecule has 0 bridgehead atoms. The second kappa shape index (κ2) is 8.84. The van der Waals surface area contributed by atoms with Gasteiger partial charge in [0.1, 0.15) is 0 Å². The van der Waals surface area contributed by atoms with Crippen molar-refractivity contribution in [1.82, 2.24) is 0 Å². The first-order chi connectivity index (χ1) is 9.17. The van der Waals surface area contributed by atoms with E-state index in [1.165, 1.54) is 30.6 Å². The minimum absolute atomic E-state index is 0.761. The molecule has 2 heteroatoms. The van der Waals surface area contributed by atoms with Gasteiger partial charge in [0.25, 0.3) is 0 Å². The summed E-state index contributed by atoms with van der Waals surface area (Å²) in [6.45, 7) is 12.4. The van der Waals surface area contributed by atoms with Crippen LogP contribution in [0.3, 0.4) is 0 Å². The van der Waals surface area contributed by atoms with E-state index in [1.54, 1.807) is 0 Å². The van der Waals surface area contributed by atoms with Crippen LogP contribution >= 0.6 is 0 Å². The van der Waals surface area contributed by atoms with E-state index in [1.807, 2.05) is 0 Å². The number of hydrogen-bond acceptors (Lipinski definition) is 2. The zero-order chi connectivity index (χ0) is 14.1. The molecule has 0 spiro atoms. The molecule has 0 aliphatic rings. The van der Waals surface area contributed by atoms with Crippen molar-refractivity contribution in [1.29, 1.82) is 0 Å². The van der Waals surface area contributed by atoms with Gasteiger partial charge in [0, 0.05) is 31.0 Å². The van der Waals surface area contributed by atoms with Gasteiger partial charge in [-0.15, -0.1) is 0 Å². The molecule has 1 rings (SSSR count).